The third-order valence-electron chi connectivity index (χ3n) is 4.29. The highest BCUT2D eigenvalue weighted by molar-refractivity contribution is 5.84. The van der Waals surface area contributed by atoms with E-state index < -0.39 is 0 Å². The first-order chi connectivity index (χ1) is 9.94. The van der Waals surface area contributed by atoms with Crippen molar-refractivity contribution in [3.8, 4) is 0 Å². The van der Waals surface area contributed by atoms with E-state index in [1.54, 1.807) is 14.2 Å². The Balaban J connectivity index is 2.81. The molecule has 0 aromatic rings. The third-order valence-corrected chi connectivity index (χ3v) is 4.29. The van der Waals surface area contributed by atoms with Crippen LogP contribution in [0.3, 0.4) is 0 Å². The number of hydrogen-bond donors (Lipinski definition) is 1. The van der Waals surface area contributed by atoms with Crippen molar-refractivity contribution >= 4 is 5.91 Å². The Morgan fingerprint density at radius 2 is 1.95 bits per heavy atom. The van der Waals surface area contributed by atoms with Gasteiger partial charge in [-0.25, -0.2) is 0 Å². The molecular formula is C16H32N2O3. The van der Waals surface area contributed by atoms with E-state index >= 15 is 0 Å². The first-order valence-electron chi connectivity index (χ1n) is 8.02. The first-order valence-corrected chi connectivity index (χ1v) is 8.02. The van der Waals surface area contributed by atoms with Gasteiger partial charge in [0, 0.05) is 14.2 Å². The summed E-state index contributed by atoms with van der Waals surface area (Å²) in [6.45, 7) is 9.72. The van der Waals surface area contributed by atoms with Crippen LogP contribution in [0.25, 0.3) is 0 Å². The lowest BCUT2D eigenvalue weighted by atomic mass is 9.99. The molecule has 1 aliphatic heterocycles. The van der Waals surface area contributed by atoms with Crippen LogP contribution in [-0.2, 0) is 14.3 Å². The monoisotopic (exact) mass is 300 g/mol. The summed E-state index contributed by atoms with van der Waals surface area (Å²) in [7, 11) is 3.32. The van der Waals surface area contributed by atoms with E-state index in [0.29, 0.717) is 25.0 Å². The molecular weight excluding hydrogens is 268 g/mol. The number of amides is 1. The van der Waals surface area contributed by atoms with Crippen LogP contribution >= 0.6 is 0 Å². The predicted octanol–water partition coefficient (Wildman–Crippen LogP) is 1.87. The highest BCUT2D eigenvalue weighted by Crippen LogP contribution is 2.23. The summed E-state index contributed by atoms with van der Waals surface area (Å²) in [6, 6.07) is -0.0706. The molecule has 1 N–H and O–H groups in total. The summed E-state index contributed by atoms with van der Waals surface area (Å²) in [5, 5.41) is 3.52. The SMILES string of the molecule is CCC(C)C1NC(CC(C)C)N(CC(COC)OC)C1=O. The predicted molar refractivity (Wildman–Crippen MR) is 84.0 cm³/mol. The van der Waals surface area contributed by atoms with Crippen molar-refractivity contribution in [2.45, 2.75) is 58.8 Å². The fraction of sp³-hybridized carbons (Fsp3) is 0.938. The lowest BCUT2D eigenvalue weighted by Gasteiger charge is -2.28. The molecule has 5 nitrogen and oxygen atoms in total. The maximum atomic E-state index is 12.7. The van der Waals surface area contributed by atoms with Gasteiger partial charge in [-0.3, -0.25) is 10.1 Å². The number of nitrogens with zero attached hydrogens (tertiary/aromatic N) is 1. The van der Waals surface area contributed by atoms with E-state index in [-0.39, 0.29) is 24.2 Å². The normalized spacial score (nSPS) is 25.7. The molecule has 21 heavy (non-hydrogen) atoms. The number of nitrogens with one attached hydrogen (secondary N) is 1. The number of carbonyl (C=O) groups excluding carboxylic acids is 1. The molecule has 0 radical (unpaired) electrons. The van der Waals surface area contributed by atoms with Crippen LogP contribution in [0.5, 0.6) is 0 Å². The van der Waals surface area contributed by atoms with Crippen LogP contribution in [0, 0.1) is 11.8 Å². The summed E-state index contributed by atoms with van der Waals surface area (Å²) in [4.78, 5) is 14.7. The minimum absolute atomic E-state index is 0.0706. The van der Waals surface area contributed by atoms with E-state index in [1.807, 2.05) is 4.90 Å². The number of rotatable bonds is 9. The van der Waals surface area contributed by atoms with Crippen molar-refractivity contribution in [1.29, 1.82) is 0 Å². The topological polar surface area (TPSA) is 50.8 Å². The lowest BCUT2D eigenvalue weighted by Crippen LogP contribution is -2.44. The van der Waals surface area contributed by atoms with Gasteiger partial charge < -0.3 is 14.4 Å². The number of methoxy groups -OCH3 is 2. The van der Waals surface area contributed by atoms with Crippen molar-refractivity contribution in [2.75, 3.05) is 27.4 Å². The van der Waals surface area contributed by atoms with Crippen LogP contribution in [0.4, 0.5) is 0 Å². The Morgan fingerprint density at radius 1 is 1.29 bits per heavy atom. The standard InChI is InChI=1S/C16H32N2O3/c1-7-12(4)15-16(19)18(9-13(21-6)10-20-5)14(17-15)8-11(2)3/h11-15,17H,7-10H2,1-6H3. The van der Waals surface area contributed by atoms with Gasteiger partial charge in [0.2, 0.25) is 5.91 Å². The van der Waals surface area contributed by atoms with Gasteiger partial charge in [0.05, 0.1) is 31.5 Å². The van der Waals surface area contributed by atoms with Crippen molar-refractivity contribution in [1.82, 2.24) is 10.2 Å². The van der Waals surface area contributed by atoms with Crippen LogP contribution in [0.2, 0.25) is 0 Å². The molecule has 1 fully saturated rings. The summed E-state index contributed by atoms with van der Waals surface area (Å²) >= 11 is 0. The molecule has 0 bridgehead atoms. The molecule has 0 saturated carbocycles. The molecule has 1 amide bonds. The Morgan fingerprint density at radius 3 is 2.43 bits per heavy atom. The number of carbonyl (C=O) groups is 1. The van der Waals surface area contributed by atoms with Gasteiger partial charge in [-0.2, -0.15) is 0 Å². The number of ether oxygens (including phenoxy) is 2. The van der Waals surface area contributed by atoms with Gasteiger partial charge in [-0.1, -0.05) is 34.1 Å². The molecule has 0 aromatic carbocycles. The molecule has 5 heteroatoms. The van der Waals surface area contributed by atoms with Crippen LogP contribution in [-0.4, -0.2) is 56.5 Å². The average molecular weight is 300 g/mol. The smallest absolute Gasteiger partial charge is 0.241 e. The van der Waals surface area contributed by atoms with E-state index in [4.69, 9.17) is 9.47 Å². The van der Waals surface area contributed by atoms with Crippen molar-refractivity contribution in [3.05, 3.63) is 0 Å². The van der Waals surface area contributed by atoms with E-state index in [9.17, 15) is 4.79 Å². The minimum Gasteiger partial charge on any atom is -0.382 e. The van der Waals surface area contributed by atoms with Crippen LogP contribution < -0.4 is 5.32 Å². The fourth-order valence-corrected chi connectivity index (χ4v) is 2.80. The Hall–Kier alpha value is -0.650. The maximum absolute atomic E-state index is 12.7. The molecule has 0 aromatic heterocycles. The van der Waals surface area contributed by atoms with E-state index in [1.165, 1.54) is 0 Å². The van der Waals surface area contributed by atoms with Gasteiger partial charge in [0.1, 0.15) is 0 Å². The highest BCUT2D eigenvalue weighted by atomic mass is 16.5. The largest absolute Gasteiger partial charge is 0.382 e. The fourth-order valence-electron chi connectivity index (χ4n) is 2.80. The number of hydrogen-bond acceptors (Lipinski definition) is 4. The van der Waals surface area contributed by atoms with Gasteiger partial charge >= 0.3 is 0 Å². The third kappa shape index (κ3) is 4.94. The van der Waals surface area contributed by atoms with Crippen LogP contribution in [0.15, 0.2) is 0 Å². The van der Waals surface area contributed by atoms with Crippen molar-refractivity contribution < 1.29 is 14.3 Å². The summed E-state index contributed by atoms with van der Waals surface area (Å²) in [5.74, 6) is 1.09. The molecule has 1 rings (SSSR count). The van der Waals surface area contributed by atoms with Gasteiger partial charge in [-0.15, -0.1) is 0 Å². The molecule has 4 atom stereocenters. The molecule has 4 unspecified atom stereocenters. The molecule has 0 aliphatic carbocycles. The minimum atomic E-state index is -0.0777. The molecule has 1 aliphatic rings. The van der Waals surface area contributed by atoms with Crippen molar-refractivity contribution in [2.24, 2.45) is 11.8 Å². The lowest BCUT2D eigenvalue weighted by molar-refractivity contribution is -0.133. The summed E-state index contributed by atoms with van der Waals surface area (Å²) < 4.78 is 10.6. The summed E-state index contributed by atoms with van der Waals surface area (Å²) in [5.41, 5.74) is 0. The Labute approximate surface area is 129 Å². The maximum Gasteiger partial charge on any atom is 0.241 e. The zero-order chi connectivity index (χ0) is 16.0. The van der Waals surface area contributed by atoms with E-state index in [2.05, 4.69) is 33.0 Å². The zero-order valence-corrected chi connectivity index (χ0v) is 14.4. The van der Waals surface area contributed by atoms with Crippen LogP contribution in [0.1, 0.15) is 40.5 Å². The highest BCUT2D eigenvalue weighted by Gasteiger charge is 2.41. The first kappa shape index (κ1) is 18.4. The van der Waals surface area contributed by atoms with Gasteiger partial charge in [0.25, 0.3) is 0 Å². The van der Waals surface area contributed by atoms with Gasteiger partial charge in [-0.05, 0) is 18.3 Å². The zero-order valence-electron chi connectivity index (χ0n) is 14.4. The van der Waals surface area contributed by atoms with E-state index in [0.717, 1.165) is 12.8 Å². The molecule has 1 heterocycles. The second kappa shape index (κ2) is 8.71. The molecule has 0 spiro atoms. The average Bonchev–Trinajstić information content (AvgIpc) is 2.74. The second-order valence-electron chi connectivity index (χ2n) is 6.48. The Bertz CT molecular complexity index is 323. The Kier molecular flexibility index (Phi) is 7.63. The van der Waals surface area contributed by atoms with Gasteiger partial charge in [0.15, 0.2) is 0 Å². The molecule has 124 valence electrons. The summed E-state index contributed by atoms with van der Waals surface area (Å²) in [6.07, 6.45) is 1.98. The quantitative estimate of drug-likeness (QED) is 0.706. The van der Waals surface area contributed by atoms with Crippen molar-refractivity contribution in [3.63, 3.8) is 0 Å². The second-order valence-corrected chi connectivity index (χ2v) is 6.48. The molecule has 1 saturated heterocycles.